The minimum Gasteiger partial charge on any atom is -0.257 e. The predicted molar refractivity (Wildman–Crippen MR) is 24.6 cm³/mol. The van der Waals surface area contributed by atoms with E-state index >= 15 is 0 Å². The minimum atomic E-state index is -2.52. The van der Waals surface area contributed by atoms with Crippen LogP contribution in [0, 0.1) is 5.41 Å². The molecule has 1 saturated carbocycles. The molecule has 1 spiro atoms. The molecule has 2 fully saturated rings. The molecule has 46 valence electrons. The van der Waals surface area contributed by atoms with Gasteiger partial charge in [-0.3, -0.25) is 5.32 Å². The Bertz CT molecular complexity index is 124. The topological polar surface area (TPSA) is 12.0 Å². The summed E-state index contributed by atoms with van der Waals surface area (Å²) >= 11 is 0. The largest absolute Gasteiger partial charge is 0.309 e. The molecule has 0 bridgehead atoms. The normalized spacial score (nSPS) is 36.8. The molecule has 1 aliphatic carbocycles. The van der Waals surface area contributed by atoms with Crippen LogP contribution in [0.3, 0.4) is 0 Å². The van der Waals surface area contributed by atoms with Crippen LogP contribution in [0.25, 0.3) is 0 Å². The third-order valence-corrected chi connectivity index (χ3v) is 2.17. The molecule has 0 aromatic carbocycles. The van der Waals surface area contributed by atoms with Crippen molar-refractivity contribution in [1.82, 2.24) is 5.32 Å². The van der Waals surface area contributed by atoms with E-state index in [9.17, 15) is 8.78 Å². The van der Waals surface area contributed by atoms with Gasteiger partial charge in [-0.2, -0.15) is 8.78 Å². The number of alkyl halides is 2. The summed E-state index contributed by atoms with van der Waals surface area (Å²) in [5, 5.41) is 2.10. The highest BCUT2D eigenvalue weighted by Crippen LogP contribution is 2.60. The zero-order valence-electron chi connectivity index (χ0n) is 4.38. The Labute approximate surface area is 46.1 Å². The van der Waals surface area contributed by atoms with Gasteiger partial charge in [0.2, 0.25) is 0 Å². The molecule has 0 atom stereocenters. The van der Waals surface area contributed by atoms with Crippen LogP contribution in [0.4, 0.5) is 8.78 Å². The van der Waals surface area contributed by atoms with Crippen LogP contribution in [0.15, 0.2) is 0 Å². The third kappa shape index (κ3) is 0.312. The van der Waals surface area contributed by atoms with Crippen LogP contribution >= 0.6 is 0 Å². The van der Waals surface area contributed by atoms with Crippen molar-refractivity contribution >= 4 is 0 Å². The highest BCUT2D eigenvalue weighted by molar-refractivity contribution is 5.11. The van der Waals surface area contributed by atoms with E-state index in [0.717, 1.165) is 0 Å². The van der Waals surface area contributed by atoms with Gasteiger partial charge in [0.1, 0.15) is 0 Å². The Kier molecular flexibility index (Phi) is 0.539. The Hall–Kier alpha value is -0.180. The molecular formula is C5H7F2N. The molecule has 0 unspecified atom stereocenters. The van der Waals surface area contributed by atoms with E-state index in [0.29, 0.717) is 19.4 Å². The average Bonchev–Trinajstić information content (AvgIpc) is 2.41. The predicted octanol–water partition coefficient (Wildman–Crippen LogP) is 0.963. The number of halogens is 2. The van der Waals surface area contributed by atoms with Gasteiger partial charge in [0, 0.05) is 6.54 Å². The summed E-state index contributed by atoms with van der Waals surface area (Å²) < 4.78 is 24.5. The number of rotatable bonds is 0. The molecule has 1 heterocycles. The maximum Gasteiger partial charge on any atom is 0.309 e. The van der Waals surface area contributed by atoms with E-state index < -0.39 is 11.5 Å². The summed E-state index contributed by atoms with van der Waals surface area (Å²) in [7, 11) is 0. The van der Waals surface area contributed by atoms with Crippen molar-refractivity contribution < 1.29 is 8.78 Å². The lowest BCUT2D eigenvalue weighted by Gasteiger charge is -2.37. The summed E-state index contributed by atoms with van der Waals surface area (Å²) in [6.45, 7) is 0.528. The van der Waals surface area contributed by atoms with Crippen LogP contribution in [0.1, 0.15) is 12.8 Å². The second-order valence-electron chi connectivity index (χ2n) is 2.71. The quantitative estimate of drug-likeness (QED) is 0.468. The van der Waals surface area contributed by atoms with Gasteiger partial charge >= 0.3 is 6.05 Å². The number of nitrogens with one attached hydrogen (secondary N) is 1. The second-order valence-corrected chi connectivity index (χ2v) is 2.71. The van der Waals surface area contributed by atoms with Crippen molar-refractivity contribution in [3.63, 3.8) is 0 Å². The van der Waals surface area contributed by atoms with Gasteiger partial charge in [0.15, 0.2) is 0 Å². The highest BCUT2D eigenvalue weighted by Gasteiger charge is 2.68. The maximum atomic E-state index is 12.3. The zero-order valence-corrected chi connectivity index (χ0v) is 4.38. The van der Waals surface area contributed by atoms with Crippen molar-refractivity contribution in [1.29, 1.82) is 0 Å². The molecule has 1 saturated heterocycles. The molecule has 8 heavy (non-hydrogen) atoms. The zero-order chi connectivity index (χ0) is 5.83. The fourth-order valence-corrected chi connectivity index (χ4v) is 1.11. The van der Waals surface area contributed by atoms with Gasteiger partial charge in [-0.25, -0.2) is 0 Å². The lowest BCUT2D eigenvalue weighted by atomic mass is 9.96. The van der Waals surface area contributed by atoms with E-state index in [2.05, 4.69) is 5.32 Å². The number of hydrogen-bond donors (Lipinski definition) is 1. The Morgan fingerprint density at radius 2 is 1.88 bits per heavy atom. The molecule has 1 N–H and O–H groups in total. The highest BCUT2D eigenvalue weighted by atomic mass is 19.3. The fraction of sp³-hybridized carbons (Fsp3) is 1.00. The molecule has 1 aliphatic heterocycles. The van der Waals surface area contributed by atoms with Gasteiger partial charge in [0.25, 0.3) is 0 Å². The van der Waals surface area contributed by atoms with E-state index in [-0.39, 0.29) is 0 Å². The molecule has 0 aromatic heterocycles. The SMILES string of the molecule is FC1(F)NCC12CC2. The van der Waals surface area contributed by atoms with Crippen molar-refractivity contribution in [2.75, 3.05) is 6.54 Å². The van der Waals surface area contributed by atoms with E-state index in [1.54, 1.807) is 0 Å². The lowest BCUT2D eigenvalue weighted by Crippen LogP contribution is -2.61. The minimum absolute atomic E-state index is 0.528. The Morgan fingerprint density at radius 3 is 1.88 bits per heavy atom. The molecule has 2 rings (SSSR count). The summed E-state index contributed by atoms with van der Waals surface area (Å²) in [4.78, 5) is 0. The summed E-state index contributed by atoms with van der Waals surface area (Å²) in [5.74, 6) is 0. The van der Waals surface area contributed by atoms with Crippen molar-refractivity contribution in [3.05, 3.63) is 0 Å². The molecule has 0 aromatic rings. The van der Waals surface area contributed by atoms with Crippen molar-refractivity contribution in [3.8, 4) is 0 Å². The second kappa shape index (κ2) is 0.923. The standard InChI is InChI=1S/C5H7F2N/c6-5(7)4(1-2-4)3-8-5/h8H,1-3H2. The summed E-state index contributed by atoms with van der Waals surface area (Å²) in [5.41, 5.74) is -0.576. The first-order chi connectivity index (χ1) is 3.66. The van der Waals surface area contributed by atoms with Crippen molar-refractivity contribution in [2.45, 2.75) is 18.9 Å². The van der Waals surface area contributed by atoms with Crippen LogP contribution in [0.2, 0.25) is 0 Å². The van der Waals surface area contributed by atoms with Crippen LogP contribution < -0.4 is 5.32 Å². The summed E-state index contributed by atoms with van der Waals surface area (Å²) in [6.07, 6.45) is 1.43. The molecule has 1 nitrogen and oxygen atoms in total. The van der Waals surface area contributed by atoms with E-state index in [4.69, 9.17) is 0 Å². The van der Waals surface area contributed by atoms with Gasteiger partial charge in [-0.05, 0) is 12.8 Å². The number of hydrogen-bond acceptors (Lipinski definition) is 1. The molecule has 0 amide bonds. The monoisotopic (exact) mass is 119 g/mol. The van der Waals surface area contributed by atoms with Gasteiger partial charge in [0.05, 0.1) is 5.41 Å². The van der Waals surface area contributed by atoms with E-state index in [1.165, 1.54) is 0 Å². The van der Waals surface area contributed by atoms with Gasteiger partial charge in [-0.1, -0.05) is 0 Å². The smallest absolute Gasteiger partial charge is 0.257 e. The summed E-state index contributed by atoms with van der Waals surface area (Å²) in [6, 6.07) is -2.52. The first-order valence-corrected chi connectivity index (χ1v) is 2.79. The van der Waals surface area contributed by atoms with Crippen LogP contribution in [-0.4, -0.2) is 12.6 Å². The van der Waals surface area contributed by atoms with Crippen LogP contribution in [-0.2, 0) is 0 Å². The molecular weight excluding hydrogens is 112 g/mol. The molecule has 2 aliphatic rings. The van der Waals surface area contributed by atoms with Gasteiger partial charge in [-0.15, -0.1) is 0 Å². The Balaban J connectivity index is 2.19. The van der Waals surface area contributed by atoms with Crippen molar-refractivity contribution in [2.24, 2.45) is 5.41 Å². The molecule has 0 radical (unpaired) electrons. The Morgan fingerprint density at radius 1 is 1.25 bits per heavy atom. The van der Waals surface area contributed by atoms with Crippen LogP contribution in [0.5, 0.6) is 0 Å². The first kappa shape index (κ1) is 4.68. The fourth-order valence-electron chi connectivity index (χ4n) is 1.11. The lowest BCUT2D eigenvalue weighted by molar-refractivity contribution is -0.166. The molecule has 3 heteroatoms. The average molecular weight is 119 g/mol. The third-order valence-electron chi connectivity index (χ3n) is 2.17. The van der Waals surface area contributed by atoms with Gasteiger partial charge < -0.3 is 0 Å². The van der Waals surface area contributed by atoms with E-state index in [1.807, 2.05) is 0 Å². The first-order valence-electron chi connectivity index (χ1n) is 2.79. The maximum absolute atomic E-state index is 12.3.